The van der Waals surface area contributed by atoms with Crippen LogP contribution < -0.4 is 10.1 Å². The monoisotopic (exact) mass is 295 g/mol. The summed E-state index contributed by atoms with van der Waals surface area (Å²) >= 11 is 0. The maximum Gasteiger partial charge on any atom is 0.258 e. The second-order valence-corrected chi connectivity index (χ2v) is 5.77. The Hall–Kier alpha value is -2.29. The van der Waals surface area contributed by atoms with Gasteiger partial charge in [0.2, 0.25) is 0 Å². The average Bonchev–Trinajstić information content (AvgIpc) is 3.01. The van der Waals surface area contributed by atoms with Gasteiger partial charge in [0.05, 0.1) is 6.04 Å². The van der Waals surface area contributed by atoms with E-state index in [0.29, 0.717) is 0 Å². The Balaban J connectivity index is 1.52. The van der Waals surface area contributed by atoms with Gasteiger partial charge in [-0.25, -0.2) is 0 Å². The van der Waals surface area contributed by atoms with E-state index < -0.39 is 0 Å². The molecule has 2 aromatic rings. The number of hydrogen-bond donors (Lipinski definition) is 1. The lowest BCUT2D eigenvalue weighted by Crippen LogP contribution is -2.31. The fourth-order valence-corrected chi connectivity index (χ4v) is 2.90. The zero-order valence-electron chi connectivity index (χ0n) is 12.8. The van der Waals surface area contributed by atoms with Crippen LogP contribution in [0.15, 0.2) is 48.5 Å². The van der Waals surface area contributed by atoms with Gasteiger partial charge in [-0.3, -0.25) is 4.79 Å². The first-order chi connectivity index (χ1) is 10.7. The summed E-state index contributed by atoms with van der Waals surface area (Å²) < 4.78 is 5.62. The molecule has 0 unspecified atom stereocenters. The number of rotatable bonds is 5. The average molecular weight is 295 g/mol. The summed E-state index contributed by atoms with van der Waals surface area (Å²) in [5, 5.41) is 2.95. The first-order valence-corrected chi connectivity index (χ1v) is 7.81. The van der Waals surface area contributed by atoms with E-state index in [0.717, 1.165) is 24.2 Å². The quantitative estimate of drug-likeness (QED) is 0.917. The highest BCUT2D eigenvalue weighted by Crippen LogP contribution is 2.25. The van der Waals surface area contributed by atoms with Gasteiger partial charge in [0.1, 0.15) is 5.75 Å². The molecule has 2 aromatic carbocycles. The molecule has 1 amide bonds. The molecule has 0 heterocycles. The zero-order chi connectivity index (χ0) is 15.4. The van der Waals surface area contributed by atoms with Crippen LogP contribution >= 0.6 is 0 Å². The number of aryl methyl sites for hydroxylation is 2. The van der Waals surface area contributed by atoms with Crippen LogP contribution in [0.25, 0.3) is 0 Å². The van der Waals surface area contributed by atoms with E-state index in [1.54, 1.807) is 0 Å². The fourth-order valence-electron chi connectivity index (χ4n) is 2.90. The van der Waals surface area contributed by atoms with Crippen LogP contribution in [0.3, 0.4) is 0 Å². The summed E-state index contributed by atoms with van der Waals surface area (Å²) in [4.78, 5) is 12.0. The third-order valence-electron chi connectivity index (χ3n) is 4.12. The van der Waals surface area contributed by atoms with E-state index in [4.69, 9.17) is 4.74 Å². The van der Waals surface area contributed by atoms with Gasteiger partial charge in [-0.2, -0.15) is 0 Å². The van der Waals surface area contributed by atoms with Crippen molar-refractivity contribution in [2.75, 3.05) is 6.61 Å². The molecule has 22 heavy (non-hydrogen) atoms. The molecule has 0 saturated heterocycles. The molecule has 1 N–H and O–H groups in total. The first kappa shape index (κ1) is 14.6. The largest absolute Gasteiger partial charge is 0.484 e. The smallest absolute Gasteiger partial charge is 0.258 e. The van der Waals surface area contributed by atoms with Crippen molar-refractivity contribution in [1.82, 2.24) is 5.32 Å². The maximum absolute atomic E-state index is 12.0. The summed E-state index contributed by atoms with van der Waals surface area (Å²) in [5.74, 6) is 0.681. The van der Waals surface area contributed by atoms with Crippen LogP contribution in [0.5, 0.6) is 5.75 Å². The molecular formula is C19H21NO2. The summed E-state index contributed by atoms with van der Waals surface area (Å²) in [6, 6.07) is 16.0. The van der Waals surface area contributed by atoms with Crippen LogP contribution in [-0.2, 0) is 17.6 Å². The molecule has 3 nitrogen and oxygen atoms in total. The molecule has 0 radical (unpaired) electrons. The van der Waals surface area contributed by atoms with Crippen molar-refractivity contribution >= 4 is 5.91 Å². The van der Waals surface area contributed by atoms with Gasteiger partial charge in [-0.15, -0.1) is 0 Å². The second kappa shape index (κ2) is 6.65. The third-order valence-corrected chi connectivity index (χ3v) is 4.12. The SMILES string of the molecule is C[C@@H](NC(=O)COc1ccc2c(c1)CCC2)c1ccccc1. The summed E-state index contributed by atoms with van der Waals surface area (Å²) in [5.41, 5.74) is 3.86. The first-order valence-electron chi connectivity index (χ1n) is 7.81. The molecule has 3 rings (SSSR count). The highest BCUT2D eigenvalue weighted by atomic mass is 16.5. The van der Waals surface area contributed by atoms with Gasteiger partial charge in [-0.05, 0) is 55.0 Å². The third kappa shape index (κ3) is 3.48. The normalized spacial score (nSPS) is 14.2. The van der Waals surface area contributed by atoms with Crippen LogP contribution in [0.2, 0.25) is 0 Å². The van der Waals surface area contributed by atoms with Crippen molar-refractivity contribution in [3.8, 4) is 5.75 Å². The number of amides is 1. The number of ether oxygens (including phenoxy) is 1. The number of benzene rings is 2. The van der Waals surface area contributed by atoms with Gasteiger partial charge in [0, 0.05) is 0 Å². The Labute approximate surface area is 131 Å². The second-order valence-electron chi connectivity index (χ2n) is 5.77. The van der Waals surface area contributed by atoms with Gasteiger partial charge < -0.3 is 10.1 Å². The molecule has 1 atom stereocenters. The number of fused-ring (bicyclic) bond motifs is 1. The van der Waals surface area contributed by atoms with E-state index in [-0.39, 0.29) is 18.6 Å². The Kier molecular flexibility index (Phi) is 4.42. The molecule has 0 saturated carbocycles. The van der Waals surface area contributed by atoms with Gasteiger partial charge in [0.15, 0.2) is 6.61 Å². The molecule has 0 aliphatic heterocycles. The lowest BCUT2D eigenvalue weighted by molar-refractivity contribution is -0.123. The van der Waals surface area contributed by atoms with E-state index >= 15 is 0 Å². The molecule has 1 aliphatic carbocycles. The van der Waals surface area contributed by atoms with Crippen molar-refractivity contribution in [2.45, 2.75) is 32.2 Å². The van der Waals surface area contributed by atoms with Gasteiger partial charge in [-0.1, -0.05) is 36.4 Å². The molecule has 0 fully saturated rings. The van der Waals surface area contributed by atoms with Crippen molar-refractivity contribution in [2.24, 2.45) is 0 Å². The highest BCUT2D eigenvalue weighted by Gasteiger charge is 2.13. The molecule has 0 spiro atoms. The predicted molar refractivity (Wildman–Crippen MR) is 87.0 cm³/mol. The minimum absolute atomic E-state index is 0.0164. The van der Waals surface area contributed by atoms with Gasteiger partial charge >= 0.3 is 0 Å². The van der Waals surface area contributed by atoms with Crippen LogP contribution in [0.1, 0.15) is 36.1 Å². The molecule has 114 valence electrons. The molecule has 0 bridgehead atoms. The standard InChI is InChI=1S/C19H21NO2/c1-14(15-6-3-2-4-7-15)20-19(21)13-22-18-11-10-16-8-5-9-17(16)12-18/h2-4,6-7,10-12,14H,5,8-9,13H2,1H3,(H,20,21)/t14-/m1/s1. The molecular weight excluding hydrogens is 274 g/mol. The zero-order valence-corrected chi connectivity index (χ0v) is 12.8. The van der Waals surface area contributed by atoms with E-state index in [1.807, 2.05) is 43.3 Å². The lowest BCUT2D eigenvalue weighted by atomic mass is 10.1. The molecule has 1 aliphatic rings. The van der Waals surface area contributed by atoms with Crippen molar-refractivity contribution in [3.05, 3.63) is 65.2 Å². The van der Waals surface area contributed by atoms with Crippen molar-refractivity contribution in [3.63, 3.8) is 0 Å². The number of carbonyl (C=O) groups excluding carboxylic acids is 1. The Morgan fingerprint density at radius 2 is 1.91 bits per heavy atom. The van der Waals surface area contributed by atoms with Crippen LogP contribution in [-0.4, -0.2) is 12.5 Å². The maximum atomic E-state index is 12.0. The van der Waals surface area contributed by atoms with E-state index in [9.17, 15) is 4.79 Å². The van der Waals surface area contributed by atoms with Crippen LogP contribution in [0.4, 0.5) is 0 Å². The summed E-state index contributed by atoms with van der Waals surface area (Å²) in [6.45, 7) is 2.03. The summed E-state index contributed by atoms with van der Waals surface area (Å²) in [6.07, 6.45) is 3.49. The fraction of sp³-hybridized carbons (Fsp3) is 0.316. The Morgan fingerprint density at radius 1 is 1.14 bits per heavy atom. The number of nitrogens with one attached hydrogen (secondary N) is 1. The van der Waals surface area contributed by atoms with Crippen molar-refractivity contribution < 1.29 is 9.53 Å². The Bertz CT molecular complexity index is 652. The van der Waals surface area contributed by atoms with E-state index in [2.05, 4.69) is 17.4 Å². The minimum atomic E-state index is -0.100. The Morgan fingerprint density at radius 3 is 2.73 bits per heavy atom. The minimum Gasteiger partial charge on any atom is -0.484 e. The van der Waals surface area contributed by atoms with Gasteiger partial charge in [0.25, 0.3) is 5.91 Å². The van der Waals surface area contributed by atoms with Crippen molar-refractivity contribution in [1.29, 1.82) is 0 Å². The number of hydrogen-bond acceptors (Lipinski definition) is 2. The topological polar surface area (TPSA) is 38.3 Å². The number of carbonyl (C=O) groups is 1. The summed E-state index contributed by atoms with van der Waals surface area (Å²) in [7, 11) is 0. The van der Waals surface area contributed by atoms with Crippen LogP contribution in [0, 0.1) is 0 Å². The predicted octanol–water partition coefficient (Wildman–Crippen LogP) is 3.43. The van der Waals surface area contributed by atoms with E-state index in [1.165, 1.54) is 17.5 Å². The molecule has 0 aromatic heterocycles. The highest BCUT2D eigenvalue weighted by molar-refractivity contribution is 5.78. The molecule has 3 heteroatoms. The lowest BCUT2D eigenvalue weighted by Gasteiger charge is -2.15.